The predicted octanol–water partition coefficient (Wildman–Crippen LogP) is 1.45. The Labute approximate surface area is 111 Å². The molecular formula is C14H29N3O. The standard InChI is InChI=1S/C14H29N3O/c1-3-13-7-4-5-11-17(13)12-8-14(18)16(2)10-6-9-15/h13H,3-12,15H2,1-2H3. The second-order valence-corrected chi connectivity index (χ2v) is 5.30. The van der Waals surface area contributed by atoms with Crippen LogP contribution >= 0.6 is 0 Å². The van der Waals surface area contributed by atoms with E-state index in [1.807, 2.05) is 11.9 Å². The van der Waals surface area contributed by atoms with Crippen LogP contribution in [0, 0.1) is 0 Å². The average Bonchev–Trinajstić information content (AvgIpc) is 2.42. The lowest BCUT2D eigenvalue weighted by Gasteiger charge is -2.35. The molecule has 2 N–H and O–H groups in total. The van der Waals surface area contributed by atoms with Crippen molar-refractivity contribution in [2.75, 3.05) is 33.2 Å². The summed E-state index contributed by atoms with van der Waals surface area (Å²) in [5.41, 5.74) is 5.46. The van der Waals surface area contributed by atoms with E-state index in [0.29, 0.717) is 19.0 Å². The van der Waals surface area contributed by atoms with Gasteiger partial charge in [-0.05, 0) is 38.8 Å². The molecule has 0 aromatic carbocycles. The highest BCUT2D eigenvalue weighted by Crippen LogP contribution is 2.19. The Morgan fingerprint density at radius 3 is 2.89 bits per heavy atom. The summed E-state index contributed by atoms with van der Waals surface area (Å²) in [4.78, 5) is 16.3. The molecule has 1 saturated heterocycles. The third-order valence-electron chi connectivity index (χ3n) is 3.96. The van der Waals surface area contributed by atoms with Gasteiger partial charge in [-0.15, -0.1) is 0 Å². The second kappa shape index (κ2) is 8.48. The Kier molecular flexibility index (Phi) is 7.28. The molecule has 1 fully saturated rings. The number of piperidine rings is 1. The molecule has 0 aromatic rings. The number of likely N-dealkylation sites (tertiary alicyclic amines) is 1. The SMILES string of the molecule is CCC1CCCCN1CCC(=O)N(C)CCCN. The van der Waals surface area contributed by atoms with Gasteiger partial charge in [-0.1, -0.05) is 13.3 Å². The fraction of sp³-hybridized carbons (Fsp3) is 0.929. The Morgan fingerprint density at radius 2 is 2.22 bits per heavy atom. The number of nitrogens with zero attached hydrogens (tertiary/aromatic N) is 2. The van der Waals surface area contributed by atoms with Gasteiger partial charge >= 0.3 is 0 Å². The van der Waals surface area contributed by atoms with E-state index in [2.05, 4.69) is 11.8 Å². The predicted molar refractivity (Wildman–Crippen MR) is 75.4 cm³/mol. The fourth-order valence-corrected chi connectivity index (χ4v) is 2.70. The van der Waals surface area contributed by atoms with Crippen LogP contribution < -0.4 is 5.73 Å². The molecule has 4 nitrogen and oxygen atoms in total. The minimum absolute atomic E-state index is 0.254. The average molecular weight is 255 g/mol. The molecular weight excluding hydrogens is 226 g/mol. The third-order valence-corrected chi connectivity index (χ3v) is 3.96. The van der Waals surface area contributed by atoms with Gasteiger partial charge in [0.25, 0.3) is 0 Å². The van der Waals surface area contributed by atoms with Crippen LogP contribution in [0.3, 0.4) is 0 Å². The maximum absolute atomic E-state index is 11.9. The minimum Gasteiger partial charge on any atom is -0.346 e. The molecule has 1 unspecified atom stereocenters. The van der Waals surface area contributed by atoms with Gasteiger partial charge in [-0.25, -0.2) is 0 Å². The molecule has 1 amide bonds. The quantitative estimate of drug-likeness (QED) is 0.749. The van der Waals surface area contributed by atoms with Crippen molar-refractivity contribution in [2.45, 2.75) is 51.5 Å². The van der Waals surface area contributed by atoms with Crippen LogP contribution in [0.15, 0.2) is 0 Å². The van der Waals surface area contributed by atoms with Crippen LogP contribution in [0.2, 0.25) is 0 Å². The van der Waals surface area contributed by atoms with Crippen LogP contribution in [-0.2, 0) is 4.79 Å². The van der Waals surface area contributed by atoms with Crippen LogP contribution in [0.4, 0.5) is 0 Å². The van der Waals surface area contributed by atoms with E-state index >= 15 is 0 Å². The molecule has 106 valence electrons. The molecule has 0 aromatic heterocycles. The van der Waals surface area contributed by atoms with Gasteiger partial charge in [-0.3, -0.25) is 9.69 Å². The summed E-state index contributed by atoms with van der Waals surface area (Å²) in [5, 5.41) is 0. The van der Waals surface area contributed by atoms with Crippen molar-refractivity contribution in [1.82, 2.24) is 9.80 Å². The van der Waals surface area contributed by atoms with Crippen molar-refractivity contribution in [3.8, 4) is 0 Å². The molecule has 18 heavy (non-hydrogen) atoms. The Bertz CT molecular complexity index is 245. The van der Waals surface area contributed by atoms with E-state index in [1.54, 1.807) is 0 Å². The van der Waals surface area contributed by atoms with Gasteiger partial charge in [0.2, 0.25) is 5.91 Å². The number of carbonyl (C=O) groups excluding carboxylic acids is 1. The molecule has 0 saturated carbocycles. The molecule has 4 heteroatoms. The van der Waals surface area contributed by atoms with Crippen molar-refractivity contribution < 1.29 is 4.79 Å². The lowest BCUT2D eigenvalue weighted by molar-refractivity contribution is -0.130. The molecule has 1 atom stereocenters. The molecule has 1 aliphatic rings. The third kappa shape index (κ3) is 4.94. The van der Waals surface area contributed by atoms with Crippen LogP contribution in [0.1, 0.15) is 45.4 Å². The summed E-state index contributed by atoms with van der Waals surface area (Å²) in [6.07, 6.45) is 6.68. The van der Waals surface area contributed by atoms with E-state index < -0.39 is 0 Å². The van der Waals surface area contributed by atoms with Gasteiger partial charge in [0.15, 0.2) is 0 Å². The van der Waals surface area contributed by atoms with Gasteiger partial charge in [0.1, 0.15) is 0 Å². The van der Waals surface area contributed by atoms with E-state index in [-0.39, 0.29) is 5.91 Å². The highest BCUT2D eigenvalue weighted by molar-refractivity contribution is 5.76. The lowest BCUT2D eigenvalue weighted by Crippen LogP contribution is -2.41. The van der Waals surface area contributed by atoms with Crippen molar-refractivity contribution in [3.63, 3.8) is 0 Å². The first-order valence-electron chi connectivity index (χ1n) is 7.37. The number of amides is 1. The monoisotopic (exact) mass is 255 g/mol. The first kappa shape index (κ1) is 15.4. The normalized spacial score (nSPS) is 20.9. The van der Waals surface area contributed by atoms with Crippen molar-refractivity contribution in [3.05, 3.63) is 0 Å². The zero-order valence-corrected chi connectivity index (χ0v) is 12.0. The maximum Gasteiger partial charge on any atom is 0.223 e. The molecule has 0 spiro atoms. The van der Waals surface area contributed by atoms with Crippen molar-refractivity contribution in [2.24, 2.45) is 5.73 Å². The van der Waals surface area contributed by atoms with Crippen molar-refractivity contribution in [1.29, 1.82) is 0 Å². The highest BCUT2D eigenvalue weighted by Gasteiger charge is 2.21. The summed E-state index contributed by atoms with van der Waals surface area (Å²) in [6.45, 7) is 5.77. The topological polar surface area (TPSA) is 49.6 Å². The smallest absolute Gasteiger partial charge is 0.223 e. The first-order chi connectivity index (χ1) is 8.69. The molecule has 1 aliphatic heterocycles. The Hall–Kier alpha value is -0.610. The van der Waals surface area contributed by atoms with Crippen LogP contribution in [-0.4, -0.2) is 55.0 Å². The number of hydrogen-bond donors (Lipinski definition) is 1. The van der Waals surface area contributed by atoms with E-state index in [9.17, 15) is 4.79 Å². The molecule has 0 aliphatic carbocycles. The van der Waals surface area contributed by atoms with Gasteiger partial charge in [-0.2, -0.15) is 0 Å². The Balaban J connectivity index is 2.27. The molecule has 1 rings (SSSR count). The summed E-state index contributed by atoms with van der Waals surface area (Å²) < 4.78 is 0. The second-order valence-electron chi connectivity index (χ2n) is 5.30. The summed E-state index contributed by atoms with van der Waals surface area (Å²) in [6, 6.07) is 0.695. The van der Waals surface area contributed by atoms with Gasteiger partial charge in [0, 0.05) is 32.6 Å². The number of carbonyl (C=O) groups is 1. The van der Waals surface area contributed by atoms with Crippen LogP contribution in [0.5, 0.6) is 0 Å². The van der Waals surface area contributed by atoms with Crippen molar-refractivity contribution >= 4 is 5.91 Å². The number of rotatable bonds is 7. The summed E-state index contributed by atoms with van der Waals surface area (Å²) in [7, 11) is 1.88. The highest BCUT2D eigenvalue weighted by atomic mass is 16.2. The largest absolute Gasteiger partial charge is 0.346 e. The van der Waals surface area contributed by atoms with E-state index in [0.717, 1.165) is 26.1 Å². The zero-order chi connectivity index (χ0) is 13.4. The van der Waals surface area contributed by atoms with E-state index in [1.165, 1.54) is 25.7 Å². The fourth-order valence-electron chi connectivity index (χ4n) is 2.70. The molecule has 0 radical (unpaired) electrons. The molecule has 0 bridgehead atoms. The zero-order valence-electron chi connectivity index (χ0n) is 12.0. The Morgan fingerprint density at radius 1 is 1.44 bits per heavy atom. The van der Waals surface area contributed by atoms with Gasteiger partial charge in [0.05, 0.1) is 0 Å². The first-order valence-corrected chi connectivity index (χ1v) is 7.37. The van der Waals surface area contributed by atoms with Crippen LogP contribution in [0.25, 0.3) is 0 Å². The summed E-state index contributed by atoms with van der Waals surface area (Å²) in [5.74, 6) is 0.254. The van der Waals surface area contributed by atoms with Gasteiger partial charge < -0.3 is 10.6 Å². The molecule has 1 heterocycles. The summed E-state index contributed by atoms with van der Waals surface area (Å²) >= 11 is 0. The number of nitrogens with two attached hydrogens (primary N) is 1. The lowest BCUT2D eigenvalue weighted by atomic mass is 10.00. The van der Waals surface area contributed by atoms with E-state index in [4.69, 9.17) is 5.73 Å². The minimum atomic E-state index is 0.254. The number of hydrogen-bond acceptors (Lipinski definition) is 3. The maximum atomic E-state index is 11.9.